The van der Waals surface area contributed by atoms with Crippen LogP contribution >= 0.6 is 0 Å². The SMILES string of the molecule is COc1ccccc1Oc1ccc(N2C[C@@H](C(=O)OCC(=O)Nc3cc(C)cc(C)c3)CC2=O)cc1. The molecule has 0 spiro atoms. The van der Waals surface area contributed by atoms with Gasteiger partial charge in [-0.05, 0) is 73.5 Å². The molecule has 1 aliphatic heterocycles. The molecule has 0 bridgehead atoms. The van der Waals surface area contributed by atoms with Crippen LogP contribution in [0.5, 0.6) is 17.2 Å². The van der Waals surface area contributed by atoms with Crippen LogP contribution in [0.1, 0.15) is 17.5 Å². The maximum atomic E-state index is 12.6. The van der Waals surface area contributed by atoms with Crippen molar-refractivity contribution in [1.29, 1.82) is 0 Å². The van der Waals surface area contributed by atoms with Crippen molar-refractivity contribution in [1.82, 2.24) is 0 Å². The Labute approximate surface area is 209 Å². The summed E-state index contributed by atoms with van der Waals surface area (Å²) in [6.07, 6.45) is 0.0248. The summed E-state index contributed by atoms with van der Waals surface area (Å²) in [7, 11) is 1.57. The van der Waals surface area contributed by atoms with Crippen molar-refractivity contribution in [2.24, 2.45) is 5.92 Å². The summed E-state index contributed by atoms with van der Waals surface area (Å²) in [4.78, 5) is 38.9. The molecule has 0 unspecified atom stereocenters. The number of benzene rings is 3. The topological polar surface area (TPSA) is 94.2 Å². The molecular formula is C28H28N2O6. The highest BCUT2D eigenvalue weighted by molar-refractivity contribution is 6.00. The van der Waals surface area contributed by atoms with E-state index < -0.39 is 24.4 Å². The average Bonchev–Trinajstić information content (AvgIpc) is 3.24. The third-order valence-electron chi connectivity index (χ3n) is 5.75. The zero-order chi connectivity index (χ0) is 25.7. The van der Waals surface area contributed by atoms with Gasteiger partial charge in [0.15, 0.2) is 18.1 Å². The van der Waals surface area contributed by atoms with Gasteiger partial charge >= 0.3 is 5.97 Å². The maximum absolute atomic E-state index is 12.6. The summed E-state index contributed by atoms with van der Waals surface area (Å²) in [5.41, 5.74) is 3.33. The molecule has 3 aromatic rings. The maximum Gasteiger partial charge on any atom is 0.311 e. The highest BCUT2D eigenvalue weighted by atomic mass is 16.5. The molecule has 1 saturated heterocycles. The number of amides is 2. The smallest absolute Gasteiger partial charge is 0.311 e. The molecule has 1 fully saturated rings. The minimum atomic E-state index is -0.643. The zero-order valence-electron chi connectivity index (χ0n) is 20.4. The molecule has 0 radical (unpaired) electrons. The van der Waals surface area contributed by atoms with E-state index in [4.69, 9.17) is 14.2 Å². The molecule has 8 nitrogen and oxygen atoms in total. The van der Waals surface area contributed by atoms with E-state index in [2.05, 4.69) is 5.32 Å². The molecule has 0 aliphatic carbocycles. The van der Waals surface area contributed by atoms with E-state index in [1.807, 2.05) is 44.2 Å². The molecule has 0 aromatic heterocycles. The lowest BCUT2D eigenvalue weighted by Crippen LogP contribution is -2.28. The lowest BCUT2D eigenvalue weighted by Gasteiger charge is -2.17. The monoisotopic (exact) mass is 488 g/mol. The van der Waals surface area contributed by atoms with Crippen molar-refractivity contribution in [3.05, 3.63) is 77.9 Å². The van der Waals surface area contributed by atoms with Crippen molar-refractivity contribution in [3.63, 3.8) is 0 Å². The Morgan fingerprint density at radius 1 is 0.972 bits per heavy atom. The fourth-order valence-corrected chi connectivity index (χ4v) is 4.14. The first-order chi connectivity index (χ1) is 17.3. The Morgan fingerprint density at radius 2 is 1.64 bits per heavy atom. The van der Waals surface area contributed by atoms with Crippen LogP contribution in [-0.2, 0) is 19.1 Å². The zero-order valence-corrected chi connectivity index (χ0v) is 20.4. The fraction of sp³-hybridized carbons (Fsp3) is 0.250. The summed E-state index contributed by atoms with van der Waals surface area (Å²) in [6, 6.07) is 20.0. The number of para-hydroxylation sites is 2. The second-order valence-electron chi connectivity index (χ2n) is 8.68. The van der Waals surface area contributed by atoms with Crippen molar-refractivity contribution in [3.8, 4) is 17.2 Å². The number of anilines is 2. The van der Waals surface area contributed by atoms with E-state index in [-0.39, 0.29) is 18.9 Å². The van der Waals surface area contributed by atoms with Crippen LogP contribution in [0.15, 0.2) is 66.7 Å². The van der Waals surface area contributed by atoms with Gasteiger partial charge in [0.1, 0.15) is 5.75 Å². The summed E-state index contributed by atoms with van der Waals surface area (Å²) in [5, 5.41) is 2.73. The average molecular weight is 489 g/mol. The van der Waals surface area contributed by atoms with Crippen LogP contribution < -0.4 is 19.7 Å². The van der Waals surface area contributed by atoms with E-state index in [0.717, 1.165) is 11.1 Å². The van der Waals surface area contributed by atoms with Gasteiger partial charge in [-0.1, -0.05) is 18.2 Å². The van der Waals surface area contributed by atoms with Crippen molar-refractivity contribution >= 4 is 29.2 Å². The number of rotatable bonds is 8. The van der Waals surface area contributed by atoms with Crippen molar-refractivity contribution < 1.29 is 28.6 Å². The third-order valence-corrected chi connectivity index (χ3v) is 5.75. The predicted octanol–water partition coefficient (Wildman–Crippen LogP) is 4.64. The number of aryl methyl sites for hydroxylation is 2. The van der Waals surface area contributed by atoms with Crippen LogP contribution in [-0.4, -0.2) is 38.0 Å². The quantitative estimate of drug-likeness (QED) is 0.465. The van der Waals surface area contributed by atoms with Gasteiger partial charge in [0.05, 0.1) is 13.0 Å². The van der Waals surface area contributed by atoms with E-state index in [1.54, 1.807) is 43.5 Å². The number of ether oxygens (including phenoxy) is 3. The number of methoxy groups -OCH3 is 1. The summed E-state index contributed by atoms with van der Waals surface area (Å²) >= 11 is 0. The standard InChI is InChI=1S/C28H28N2O6/c1-18-12-19(2)14-21(13-18)29-26(31)17-35-28(33)20-15-27(32)30(16-20)22-8-10-23(11-9-22)36-25-7-5-4-6-24(25)34-3/h4-14,20H,15-17H2,1-3H3,(H,29,31)/t20-/m0/s1. The lowest BCUT2D eigenvalue weighted by molar-refractivity contribution is -0.151. The number of carbonyl (C=O) groups is 3. The van der Waals surface area contributed by atoms with Gasteiger partial charge in [-0.15, -0.1) is 0 Å². The minimum absolute atomic E-state index is 0.0248. The molecule has 4 rings (SSSR count). The summed E-state index contributed by atoms with van der Waals surface area (Å²) in [5.74, 6) is -0.0563. The molecule has 8 heteroatoms. The van der Waals surface area contributed by atoms with Crippen LogP contribution in [0, 0.1) is 19.8 Å². The Hall–Kier alpha value is -4.33. The third kappa shape index (κ3) is 6.02. The Balaban J connectivity index is 1.31. The number of nitrogens with zero attached hydrogens (tertiary/aromatic N) is 1. The van der Waals surface area contributed by atoms with E-state index in [1.165, 1.54) is 4.90 Å². The second kappa shape index (κ2) is 10.9. The number of carbonyl (C=O) groups excluding carboxylic acids is 3. The van der Waals surface area contributed by atoms with E-state index in [0.29, 0.717) is 28.6 Å². The van der Waals surface area contributed by atoms with Gasteiger partial charge in [-0.2, -0.15) is 0 Å². The molecule has 3 aromatic carbocycles. The number of hydrogen-bond donors (Lipinski definition) is 1. The van der Waals surface area contributed by atoms with Gasteiger partial charge in [0.25, 0.3) is 5.91 Å². The van der Waals surface area contributed by atoms with Gasteiger partial charge in [-0.25, -0.2) is 0 Å². The summed E-state index contributed by atoms with van der Waals surface area (Å²) < 4.78 is 16.4. The number of esters is 1. The first-order valence-electron chi connectivity index (χ1n) is 11.6. The summed E-state index contributed by atoms with van der Waals surface area (Å²) in [6.45, 7) is 3.65. The Kier molecular flexibility index (Phi) is 7.53. The molecular weight excluding hydrogens is 460 g/mol. The molecule has 1 atom stereocenters. The van der Waals surface area contributed by atoms with Crippen molar-refractivity contribution in [2.45, 2.75) is 20.3 Å². The molecule has 1 aliphatic rings. The minimum Gasteiger partial charge on any atom is -0.493 e. The number of nitrogens with one attached hydrogen (secondary N) is 1. The van der Waals surface area contributed by atoms with Crippen molar-refractivity contribution in [2.75, 3.05) is 30.5 Å². The van der Waals surface area contributed by atoms with Crippen LogP contribution in [0.25, 0.3) is 0 Å². The first kappa shape index (κ1) is 24.8. The van der Waals surface area contributed by atoms with E-state index >= 15 is 0 Å². The molecule has 1 heterocycles. The van der Waals surface area contributed by atoms with Gasteiger partial charge in [0.2, 0.25) is 5.91 Å². The Bertz CT molecular complexity index is 1250. The van der Waals surface area contributed by atoms with Gasteiger partial charge in [0, 0.05) is 24.3 Å². The molecule has 1 N–H and O–H groups in total. The largest absolute Gasteiger partial charge is 0.493 e. The van der Waals surface area contributed by atoms with Crippen LogP contribution in [0.4, 0.5) is 11.4 Å². The molecule has 186 valence electrons. The highest BCUT2D eigenvalue weighted by Gasteiger charge is 2.36. The van der Waals surface area contributed by atoms with Gasteiger partial charge < -0.3 is 24.4 Å². The molecule has 0 saturated carbocycles. The van der Waals surface area contributed by atoms with Crippen LogP contribution in [0.2, 0.25) is 0 Å². The Morgan fingerprint density at radius 3 is 2.31 bits per heavy atom. The molecule has 2 amide bonds. The second-order valence-corrected chi connectivity index (χ2v) is 8.68. The fourth-order valence-electron chi connectivity index (χ4n) is 4.14. The number of hydrogen-bond acceptors (Lipinski definition) is 6. The predicted molar refractivity (Wildman–Crippen MR) is 135 cm³/mol. The highest BCUT2D eigenvalue weighted by Crippen LogP contribution is 2.33. The van der Waals surface area contributed by atoms with E-state index in [9.17, 15) is 14.4 Å². The normalized spacial score (nSPS) is 14.9. The van der Waals surface area contributed by atoms with Gasteiger partial charge in [-0.3, -0.25) is 14.4 Å². The molecule has 36 heavy (non-hydrogen) atoms. The lowest BCUT2D eigenvalue weighted by atomic mass is 10.1. The van der Waals surface area contributed by atoms with Crippen LogP contribution in [0.3, 0.4) is 0 Å². The first-order valence-corrected chi connectivity index (χ1v) is 11.6.